The largest absolute Gasteiger partial charge is 0.455 e. The molecule has 3 rings (SSSR count). The SMILES string of the molecule is Cc1ccc2oc(SCc3ccc(C(=O)NCC(C)C)o3)nc2c1. The maximum atomic E-state index is 11.9. The van der Waals surface area contributed by atoms with Crippen molar-refractivity contribution in [3.05, 3.63) is 47.4 Å². The van der Waals surface area contributed by atoms with Gasteiger partial charge in [-0.3, -0.25) is 4.79 Å². The molecule has 1 N–H and O–H groups in total. The fraction of sp³-hybridized carbons (Fsp3) is 0.333. The van der Waals surface area contributed by atoms with Gasteiger partial charge in [0.15, 0.2) is 11.3 Å². The van der Waals surface area contributed by atoms with Crippen molar-refractivity contribution in [2.24, 2.45) is 5.92 Å². The highest BCUT2D eigenvalue weighted by molar-refractivity contribution is 7.98. The average molecular weight is 344 g/mol. The third kappa shape index (κ3) is 4.00. The minimum atomic E-state index is -0.183. The van der Waals surface area contributed by atoms with Crippen molar-refractivity contribution in [3.63, 3.8) is 0 Å². The molecule has 0 saturated carbocycles. The first-order valence-corrected chi connectivity index (χ1v) is 8.87. The molecule has 2 aromatic heterocycles. The molecule has 0 bridgehead atoms. The Labute approximate surface area is 144 Å². The number of aryl methyl sites for hydroxylation is 1. The molecule has 1 aromatic carbocycles. The molecule has 3 aromatic rings. The Bertz CT molecular complexity index is 851. The van der Waals surface area contributed by atoms with E-state index in [9.17, 15) is 4.79 Å². The van der Waals surface area contributed by atoms with Crippen molar-refractivity contribution in [2.45, 2.75) is 31.7 Å². The van der Waals surface area contributed by atoms with Gasteiger partial charge in [0.2, 0.25) is 0 Å². The number of nitrogens with zero attached hydrogens (tertiary/aromatic N) is 1. The summed E-state index contributed by atoms with van der Waals surface area (Å²) in [5.41, 5.74) is 2.78. The number of hydrogen-bond donors (Lipinski definition) is 1. The molecule has 24 heavy (non-hydrogen) atoms. The van der Waals surface area contributed by atoms with Crippen LogP contribution in [0.2, 0.25) is 0 Å². The molecule has 0 fully saturated rings. The van der Waals surface area contributed by atoms with E-state index in [-0.39, 0.29) is 5.91 Å². The average Bonchev–Trinajstić information content (AvgIpc) is 3.16. The summed E-state index contributed by atoms with van der Waals surface area (Å²) in [7, 11) is 0. The topological polar surface area (TPSA) is 68.3 Å². The Kier molecular flexibility index (Phi) is 4.94. The Morgan fingerprint density at radius 3 is 2.88 bits per heavy atom. The second-order valence-electron chi connectivity index (χ2n) is 6.11. The smallest absolute Gasteiger partial charge is 0.287 e. The van der Waals surface area contributed by atoms with Crippen molar-refractivity contribution in [3.8, 4) is 0 Å². The van der Waals surface area contributed by atoms with Gasteiger partial charge in [0, 0.05) is 6.54 Å². The summed E-state index contributed by atoms with van der Waals surface area (Å²) >= 11 is 1.45. The summed E-state index contributed by atoms with van der Waals surface area (Å²) in [5, 5.41) is 3.43. The predicted octanol–water partition coefficient (Wildman–Crippen LogP) is 4.41. The molecular weight excluding hydrogens is 324 g/mol. The van der Waals surface area contributed by atoms with E-state index >= 15 is 0 Å². The summed E-state index contributed by atoms with van der Waals surface area (Å²) in [5.74, 6) is 1.83. The lowest BCUT2D eigenvalue weighted by molar-refractivity contribution is 0.0920. The lowest BCUT2D eigenvalue weighted by Crippen LogP contribution is -2.26. The van der Waals surface area contributed by atoms with Gasteiger partial charge in [-0.1, -0.05) is 31.7 Å². The molecule has 1 amide bonds. The molecule has 0 unspecified atom stereocenters. The summed E-state index contributed by atoms with van der Waals surface area (Å²) in [4.78, 5) is 16.4. The molecule has 0 aliphatic heterocycles. The highest BCUT2D eigenvalue weighted by atomic mass is 32.2. The van der Waals surface area contributed by atoms with Crippen LogP contribution in [-0.4, -0.2) is 17.4 Å². The van der Waals surface area contributed by atoms with Crippen molar-refractivity contribution >= 4 is 28.8 Å². The number of nitrogens with one attached hydrogen (secondary N) is 1. The van der Waals surface area contributed by atoms with E-state index in [4.69, 9.17) is 8.83 Å². The van der Waals surface area contributed by atoms with E-state index in [0.29, 0.717) is 35.0 Å². The highest BCUT2D eigenvalue weighted by Crippen LogP contribution is 2.27. The quantitative estimate of drug-likeness (QED) is 0.671. The first-order chi connectivity index (χ1) is 11.5. The zero-order valence-corrected chi connectivity index (χ0v) is 14.8. The number of carbonyl (C=O) groups excluding carboxylic acids is 1. The number of carbonyl (C=O) groups is 1. The lowest BCUT2D eigenvalue weighted by Gasteiger charge is -2.05. The third-order valence-electron chi connectivity index (χ3n) is 3.42. The lowest BCUT2D eigenvalue weighted by atomic mass is 10.2. The van der Waals surface area contributed by atoms with Gasteiger partial charge in [-0.2, -0.15) is 0 Å². The highest BCUT2D eigenvalue weighted by Gasteiger charge is 2.13. The second kappa shape index (κ2) is 7.13. The van der Waals surface area contributed by atoms with Crippen molar-refractivity contribution in [2.75, 3.05) is 6.54 Å². The van der Waals surface area contributed by atoms with Crippen molar-refractivity contribution < 1.29 is 13.6 Å². The Morgan fingerprint density at radius 2 is 2.08 bits per heavy atom. The van der Waals surface area contributed by atoms with Crippen LogP contribution in [0, 0.1) is 12.8 Å². The van der Waals surface area contributed by atoms with Gasteiger partial charge in [-0.25, -0.2) is 4.98 Å². The van der Waals surface area contributed by atoms with Crippen LogP contribution in [0.4, 0.5) is 0 Å². The molecule has 6 heteroatoms. The van der Waals surface area contributed by atoms with E-state index < -0.39 is 0 Å². The van der Waals surface area contributed by atoms with Gasteiger partial charge >= 0.3 is 0 Å². The van der Waals surface area contributed by atoms with Gasteiger partial charge < -0.3 is 14.2 Å². The third-order valence-corrected chi connectivity index (χ3v) is 4.27. The number of benzene rings is 1. The number of oxazole rings is 1. The zero-order valence-electron chi connectivity index (χ0n) is 14.0. The van der Waals surface area contributed by atoms with Crippen LogP contribution in [0.15, 0.2) is 44.4 Å². The van der Waals surface area contributed by atoms with Gasteiger partial charge in [0.05, 0.1) is 5.75 Å². The van der Waals surface area contributed by atoms with Crippen LogP contribution in [0.25, 0.3) is 11.1 Å². The molecule has 2 heterocycles. The number of aromatic nitrogens is 1. The summed E-state index contributed by atoms with van der Waals surface area (Å²) < 4.78 is 11.3. The summed E-state index contributed by atoms with van der Waals surface area (Å²) in [6, 6.07) is 9.42. The molecule has 0 spiro atoms. The number of rotatable bonds is 6. The van der Waals surface area contributed by atoms with Crippen LogP contribution in [0.5, 0.6) is 0 Å². The Morgan fingerprint density at radius 1 is 1.25 bits per heavy atom. The summed E-state index contributed by atoms with van der Waals surface area (Å²) in [6.45, 7) is 6.75. The van der Waals surface area contributed by atoms with Crippen LogP contribution in [0.3, 0.4) is 0 Å². The monoisotopic (exact) mass is 344 g/mol. The molecule has 0 saturated heterocycles. The Balaban J connectivity index is 1.61. The first-order valence-electron chi connectivity index (χ1n) is 7.88. The predicted molar refractivity (Wildman–Crippen MR) is 94.2 cm³/mol. The van der Waals surface area contributed by atoms with Gasteiger partial charge in [-0.15, -0.1) is 0 Å². The van der Waals surface area contributed by atoms with E-state index in [1.807, 2.05) is 45.0 Å². The van der Waals surface area contributed by atoms with Crippen LogP contribution >= 0.6 is 11.8 Å². The maximum absolute atomic E-state index is 11.9. The molecule has 0 aliphatic rings. The van der Waals surface area contributed by atoms with Gasteiger partial charge in [0.25, 0.3) is 11.1 Å². The fourth-order valence-corrected chi connectivity index (χ4v) is 2.90. The number of hydrogen-bond acceptors (Lipinski definition) is 5. The molecular formula is C18H20N2O3S. The minimum absolute atomic E-state index is 0.183. The zero-order chi connectivity index (χ0) is 17.1. The number of furan rings is 1. The van der Waals surface area contributed by atoms with Crippen LogP contribution in [-0.2, 0) is 5.75 Å². The first kappa shape index (κ1) is 16.6. The minimum Gasteiger partial charge on any atom is -0.455 e. The van der Waals surface area contributed by atoms with E-state index in [1.54, 1.807) is 6.07 Å². The standard InChI is InChI=1S/C18H20N2O3S/c1-11(2)9-19-17(21)16-7-5-13(22-16)10-24-18-20-14-8-12(3)4-6-15(14)23-18/h4-8,11H,9-10H2,1-3H3,(H,19,21). The molecule has 0 radical (unpaired) electrons. The Hall–Kier alpha value is -2.21. The molecule has 0 aliphatic carbocycles. The van der Waals surface area contributed by atoms with Gasteiger partial charge in [-0.05, 0) is 42.7 Å². The van der Waals surface area contributed by atoms with Crippen molar-refractivity contribution in [1.82, 2.24) is 10.3 Å². The summed E-state index contributed by atoms with van der Waals surface area (Å²) in [6.07, 6.45) is 0. The molecule has 126 valence electrons. The maximum Gasteiger partial charge on any atom is 0.287 e. The second-order valence-corrected chi connectivity index (χ2v) is 7.04. The van der Waals surface area contributed by atoms with E-state index in [0.717, 1.165) is 16.7 Å². The van der Waals surface area contributed by atoms with Gasteiger partial charge in [0.1, 0.15) is 11.3 Å². The molecule has 5 nitrogen and oxygen atoms in total. The normalized spacial score (nSPS) is 11.3. The number of amides is 1. The number of fused-ring (bicyclic) bond motifs is 1. The fourth-order valence-electron chi connectivity index (χ4n) is 2.17. The van der Waals surface area contributed by atoms with Crippen LogP contribution in [0.1, 0.15) is 35.7 Å². The van der Waals surface area contributed by atoms with E-state index in [2.05, 4.69) is 10.3 Å². The van der Waals surface area contributed by atoms with Crippen molar-refractivity contribution in [1.29, 1.82) is 0 Å². The number of thioether (sulfide) groups is 1. The van der Waals surface area contributed by atoms with E-state index in [1.165, 1.54) is 11.8 Å². The molecule has 0 atom stereocenters. The van der Waals surface area contributed by atoms with Crippen LogP contribution < -0.4 is 5.32 Å².